The van der Waals surface area contributed by atoms with Crippen LogP contribution in [0.5, 0.6) is 0 Å². The van der Waals surface area contributed by atoms with E-state index in [1.54, 1.807) is 29.2 Å². The van der Waals surface area contributed by atoms with Gasteiger partial charge in [-0.15, -0.1) is 11.6 Å². The Bertz CT molecular complexity index is 587. The molecule has 0 radical (unpaired) electrons. The van der Waals surface area contributed by atoms with Gasteiger partial charge in [-0.3, -0.25) is 9.52 Å². The van der Waals surface area contributed by atoms with Crippen molar-refractivity contribution in [1.82, 2.24) is 0 Å². The van der Waals surface area contributed by atoms with Gasteiger partial charge in [0.1, 0.15) is 0 Å². The molecule has 1 heterocycles. The summed E-state index contributed by atoms with van der Waals surface area (Å²) in [5.74, 6) is 0.643. The molecule has 1 N–H and O–H groups in total. The van der Waals surface area contributed by atoms with Crippen molar-refractivity contribution in [1.29, 1.82) is 0 Å². The maximum atomic E-state index is 11.8. The summed E-state index contributed by atoms with van der Waals surface area (Å²) in [6, 6.07) is 6.89. The highest BCUT2D eigenvalue weighted by molar-refractivity contribution is 7.92. The van der Waals surface area contributed by atoms with Crippen molar-refractivity contribution in [3.8, 4) is 0 Å². The smallest absolute Gasteiger partial charge is 0.232 e. The Kier molecular flexibility index (Phi) is 5.47. The summed E-state index contributed by atoms with van der Waals surface area (Å²) in [6.07, 6.45) is 2.67. The van der Waals surface area contributed by atoms with E-state index in [1.807, 2.05) is 0 Å². The Balaban J connectivity index is 1.97. The molecule has 1 aliphatic heterocycles. The molecule has 21 heavy (non-hydrogen) atoms. The summed E-state index contributed by atoms with van der Waals surface area (Å²) in [5, 5.41) is 0. The number of sulfonamides is 1. The van der Waals surface area contributed by atoms with Crippen molar-refractivity contribution in [3.63, 3.8) is 0 Å². The van der Waals surface area contributed by atoms with Crippen molar-refractivity contribution >= 4 is 38.9 Å². The lowest BCUT2D eigenvalue weighted by Gasteiger charge is -2.16. The first-order chi connectivity index (χ1) is 10.0. The molecule has 0 spiro atoms. The van der Waals surface area contributed by atoms with Crippen LogP contribution in [0, 0.1) is 0 Å². The highest BCUT2D eigenvalue weighted by Gasteiger charge is 2.21. The number of amides is 1. The van der Waals surface area contributed by atoms with Gasteiger partial charge in [0.2, 0.25) is 15.9 Å². The van der Waals surface area contributed by atoms with E-state index in [0.717, 1.165) is 18.7 Å². The summed E-state index contributed by atoms with van der Waals surface area (Å²) in [6.45, 7) is 0.725. The zero-order chi connectivity index (χ0) is 15.3. The fourth-order valence-corrected chi connectivity index (χ4v) is 3.62. The third kappa shape index (κ3) is 4.61. The molecule has 1 aromatic rings. The Labute approximate surface area is 130 Å². The molecular formula is C14H19ClN2O3S. The standard InChI is InChI=1S/C14H19ClN2O3S/c15-9-1-2-11-21(19,20)16-12-5-7-13(8-6-12)17-10-3-4-14(17)18/h5-8,16H,1-4,9-11H2. The van der Waals surface area contributed by atoms with Crippen LogP contribution in [-0.4, -0.2) is 32.5 Å². The van der Waals surface area contributed by atoms with Crippen LogP contribution in [0.25, 0.3) is 0 Å². The number of anilines is 2. The number of carbonyl (C=O) groups excluding carboxylic acids is 1. The summed E-state index contributed by atoms with van der Waals surface area (Å²) in [7, 11) is -3.34. The third-order valence-electron chi connectivity index (χ3n) is 3.32. The molecule has 1 aliphatic rings. The quantitative estimate of drug-likeness (QED) is 0.617. The molecule has 0 atom stereocenters. The van der Waals surface area contributed by atoms with Crippen LogP contribution in [-0.2, 0) is 14.8 Å². The molecule has 0 aliphatic carbocycles. The monoisotopic (exact) mass is 330 g/mol. The molecule has 2 rings (SSSR count). The van der Waals surface area contributed by atoms with E-state index in [9.17, 15) is 13.2 Å². The molecule has 7 heteroatoms. The number of nitrogens with one attached hydrogen (secondary N) is 1. The first kappa shape index (κ1) is 16.1. The normalized spacial score (nSPS) is 15.5. The Hall–Kier alpha value is -1.27. The van der Waals surface area contributed by atoms with Crippen molar-refractivity contribution in [2.24, 2.45) is 0 Å². The molecule has 0 aromatic heterocycles. The van der Waals surface area contributed by atoms with E-state index in [-0.39, 0.29) is 11.7 Å². The first-order valence-corrected chi connectivity index (χ1v) is 9.17. The van der Waals surface area contributed by atoms with Crippen LogP contribution in [0.1, 0.15) is 25.7 Å². The predicted molar refractivity (Wildman–Crippen MR) is 85.4 cm³/mol. The van der Waals surface area contributed by atoms with Gasteiger partial charge in [-0.05, 0) is 43.5 Å². The average molecular weight is 331 g/mol. The maximum Gasteiger partial charge on any atom is 0.232 e. The van der Waals surface area contributed by atoms with E-state index in [2.05, 4.69) is 4.72 Å². The van der Waals surface area contributed by atoms with Crippen molar-refractivity contribution in [2.75, 3.05) is 27.8 Å². The SMILES string of the molecule is O=C1CCCN1c1ccc(NS(=O)(=O)CCCCCl)cc1. The number of rotatable bonds is 7. The topological polar surface area (TPSA) is 66.5 Å². The van der Waals surface area contributed by atoms with E-state index in [0.29, 0.717) is 30.8 Å². The van der Waals surface area contributed by atoms with Crippen LogP contribution < -0.4 is 9.62 Å². The molecule has 1 fully saturated rings. The minimum atomic E-state index is -3.34. The van der Waals surface area contributed by atoms with Gasteiger partial charge in [0.25, 0.3) is 0 Å². The highest BCUT2D eigenvalue weighted by Crippen LogP contribution is 2.23. The minimum Gasteiger partial charge on any atom is -0.312 e. The Morgan fingerprint density at radius 1 is 1.19 bits per heavy atom. The number of hydrogen-bond donors (Lipinski definition) is 1. The summed E-state index contributed by atoms with van der Waals surface area (Å²) in [4.78, 5) is 13.4. The van der Waals surface area contributed by atoms with E-state index in [1.165, 1.54) is 0 Å². The molecule has 1 saturated heterocycles. The molecule has 116 valence electrons. The van der Waals surface area contributed by atoms with Gasteiger partial charge in [-0.2, -0.15) is 0 Å². The maximum absolute atomic E-state index is 11.8. The number of benzene rings is 1. The first-order valence-electron chi connectivity index (χ1n) is 6.99. The molecule has 1 amide bonds. The fraction of sp³-hybridized carbons (Fsp3) is 0.500. The lowest BCUT2D eigenvalue weighted by Crippen LogP contribution is -2.23. The molecule has 0 saturated carbocycles. The van der Waals surface area contributed by atoms with Crippen molar-refractivity contribution in [3.05, 3.63) is 24.3 Å². The number of alkyl halides is 1. The van der Waals surface area contributed by atoms with E-state index < -0.39 is 10.0 Å². The second kappa shape index (κ2) is 7.13. The van der Waals surface area contributed by atoms with Gasteiger partial charge in [0, 0.05) is 30.2 Å². The lowest BCUT2D eigenvalue weighted by molar-refractivity contribution is -0.117. The molecule has 1 aromatic carbocycles. The van der Waals surface area contributed by atoms with Crippen LogP contribution >= 0.6 is 11.6 Å². The molecular weight excluding hydrogens is 312 g/mol. The number of nitrogens with zero attached hydrogens (tertiary/aromatic N) is 1. The van der Waals surface area contributed by atoms with Gasteiger partial charge in [0.05, 0.1) is 5.75 Å². The van der Waals surface area contributed by atoms with Crippen LogP contribution in [0.3, 0.4) is 0 Å². The van der Waals surface area contributed by atoms with Gasteiger partial charge < -0.3 is 4.90 Å². The molecule has 0 bridgehead atoms. The van der Waals surface area contributed by atoms with E-state index >= 15 is 0 Å². The third-order valence-corrected chi connectivity index (χ3v) is 4.96. The number of hydrogen-bond acceptors (Lipinski definition) is 3. The van der Waals surface area contributed by atoms with Crippen LogP contribution in [0.2, 0.25) is 0 Å². The summed E-state index contributed by atoms with van der Waals surface area (Å²) < 4.78 is 26.2. The van der Waals surface area contributed by atoms with Crippen LogP contribution in [0.4, 0.5) is 11.4 Å². The highest BCUT2D eigenvalue weighted by atomic mass is 35.5. The second-order valence-corrected chi connectivity index (χ2v) is 7.23. The predicted octanol–water partition coefficient (Wildman–Crippen LogP) is 2.57. The number of carbonyl (C=O) groups is 1. The zero-order valence-electron chi connectivity index (χ0n) is 11.7. The van der Waals surface area contributed by atoms with Crippen molar-refractivity contribution < 1.29 is 13.2 Å². The van der Waals surface area contributed by atoms with Gasteiger partial charge in [0.15, 0.2) is 0 Å². The van der Waals surface area contributed by atoms with E-state index in [4.69, 9.17) is 11.6 Å². The molecule has 5 nitrogen and oxygen atoms in total. The van der Waals surface area contributed by atoms with Crippen LogP contribution in [0.15, 0.2) is 24.3 Å². The van der Waals surface area contributed by atoms with Gasteiger partial charge in [-0.25, -0.2) is 8.42 Å². The Morgan fingerprint density at radius 2 is 1.90 bits per heavy atom. The average Bonchev–Trinajstić information content (AvgIpc) is 2.86. The lowest BCUT2D eigenvalue weighted by atomic mass is 10.2. The number of unbranched alkanes of at least 4 members (excludes halogenated alkanes) is 1. The van der Waals surface area contributed by atoms with Gasteiger partial charge >= 0.3 is 0 Å². The molecule has 0 unspecified atom stereocenters. The second-order valence-electron chi connectivity index (χ2n) is 5.01. The van der Waals surface area contributed by atoms with Crippen molar-refractivity contribution in [2.45, 2.75) is 25.7 Å². The van der Waals surface area contributed by atoms with Gasteiger partial charge in [-0.1, -0.05) is 0 Å². The largest absolute Gasteiger partial charge is 0.312 e. The minimum absolute atomic E-state index is 0.0616. The Morgan fingerprint density at radius 3 is 2.48 bits per heavy atom. The zero-order valence-corrected chi connectivity index (χ0v) is 13.3. The number of halogens is 1. The fourth-order valence-electron chi connectivity index (χ4n) is 2.25. The summed E-state index contributed by atoms with van der Waals surface area (Å²) >= 11 is 5.53. The summed E-state index contributed by atoms with van der Waals surface area (Å²) in [5.41, 5.74) is 1.32.